The van der Waals surface area contributed by atoms with E-state index in [1.165, 1.54) is 0 Å². The molecule has 62 valence electrons. The van der Waals surface area contributed by atoms with Crippen molar-refractivity contribution >= 4 is 22.2 Å². The molecule has 1 rings (SSSR count). The van der Waals surface area contributed by atoms with Gasteiger partial charge in [0.05, 0.1) is 0 Å². The van der Waals surface area contributed by atoms with Crippen LogP contribution in [0.25, 0.3) is 10.6 Å². The molecule has 0 saturated heterocycles. The van der Waals surface area contributed by atoms with E-state index in [4.69, 9.17) is 11.6 Å². The lowest BCUT2D eigenvalue weighted by molar-refractivity contribution is 1.55. The van der Waals surface area contributed by atoms with E-state index in [2.05, 4.69) is 13.2 Å². The highest BCUT2D eigenvalue weighted by atomic mass is 35.5. The second-order valence-electron chi connectivity index (χ2n) is 2.77. The maximum Gasteiger partial charge on any atom is 0.0406 e. The summed E-state index contributed by atoms with van der Waals surface area (Å²) in [4.78, 5) is 0. The van der Waals surface area contributed by atoms with Gasteiger partial charge in [0.1, 0.15) is 0 Å². The number of benzene rings is 1. The fraction of sp³-hybridized carbons (Fsp3) is 0.0909. The van der Waals surface area contributed by atoms with Gasteiger partial charge >= 0.3 is 0 Å². The van der Waals surface area contributed by atoms with E-state index >= 15 is 0 Å². The number of rotatable bonds is 2. The van der Waals surface area contributed by atoms with Crippen LogP contribution < -0.4 is 0 Å². The minimum Gasteiger partial charge on any atom is -0.0955 e. The summed E-state index contributed by atoms with van der Waals surface area (Å²) in [5, 5.41) is 0.568. The molecule has 0 aliphatic rings. The largest absolute Gasteiger partial charge is 0.0955 e. The highest BCUT2D eigenvalue weighted by Gasteiger charge is 1.97. The molecule has 1 aromatic rings. The Labute approximate surface area is 78.2 Å². The van der Waals surface area contributed by atoms with Crippen LogP contribution >= 0.6 is 11.6 Å². The van der Waals surface area contributed by atoms with Crippen molar-refractivity contribution < 1.29 is 0 Å². The van der Waals surface area contributed by atoms with Crippen molar-refractivity contribution in [2.24, 2.45) is 0 Å². The molecule has 0 aromatic heterocycles. The summed E-state index contributed by atoms with van der Waals surface area (Å²) in [5.74, 6) is 0. The zero-order chi connectivity index (χ0) is 9.14. The van der Waals surface area contributed by atoms with Crippen molar-refractivity contribution in [2.75, 3.05) is 0 Å². The van der Waals surface area contributed by atoms with E-state index in [1.54, 1.807) is 0 Å². The van der Waals surface area contributed by atoms with Gasteiger partial charge in [-0.05, 0) is 24.1 Å². The van der Waals surface area contributed by atoms with Gasteiger partial charge in [0.25, 0.3) is 0 Å². The van der Waals surface area contributed by atoms with Crippen molar-refractivity contribution in [2.45, 2.75) is 6.92 Å². The molecular weight excluding hydrogens is 168 g/mol. The summed E-state index contributed by atoms with van der Waals surface area (Å²) >= 11 is 5.76. The zero-order valence-electron chi connectivity index (χ0n) is 7.10. The van der Waals surface area contributed by atoms with E-state index in [1.807, 2.05) is 31.2 Å². The molecule has 0 radical (unpaired) electrons. The standard InChI is InChI=1S/C11H11Cl/c1-8(2)10-5-4-6-11(7-10)9(3)12/h4-7H,1,3H2,2H3. The van der Waals surface area contributed by atoms with Crippen LogP contribution in [0.2, 0.25) is 0 Å². The second-order valence-corrected chi connectivity index (χ2v) is 3.22. The molecule has 1 heteroatoms. The monoisotopic (exact) mass is 178 g/mol. The smallest absolute Gasteiger partial charge is 0.0406 e. The Morgan fingerprint density at radius 2 is 1.83 bits per heavy atom. The van der Waals surface area contributed by atoms with Gasteiger partial charge in [-0.3, -0.25) is 0 Å². The summed E-state index contributed by atoms with van der Waals surface area (Å²) in [5.41, 5.74) is 3.10. The Kier molecular flexibility index (Phi) is 2.72. The molecule has 0 aliphatic carbocycles. The third kappa shape index (κ3) is 1.99. The minimum atomic E-state index is 0.568. The van der Waals surface area contributed by atoms with Gasteiger partial charge in [0.2, 0.25) is 0 Å². The van der Waals surface area contributed by atoms with Crippen molar-refractivity contribution in [3.63, 3.8) is 0 Å². The van der Waals surface area contributed by atoms with Crippen LogP contribution in [-0.2, 0) is 0 Å². The van der Waals surface area contributed by atoms with E-state index in [0.29, 0.717) is 5.03 Å². The van der Waals surface area contributed by atoms with Gasteiger partial charge < -0.3 is 0 Å². The van der Waals surface area contributed by atoms with Gasteiger partial charge in [-0.1, -0.05) is 48.5 Å². The number of halogens is 1. The first-order valence-electron chi connectivity index (χ1n) is 3.72. The van der Waals surface area contributed by atoms with Crippen molar-refractivity contribution in [3.8, 4) is 0 Å². The Morgan fingerprint density at radius 1 is 1.25 bits per heavy atom. The van der Waals surface area contributed by atoms with Gasteiger partial charge in [-0.25, -0.2) is 0 Å². The van der Waals surface area contributed by atoms with Crippen LogP contribution in [0.5, 0.6) is 0 Å². The Hall–Kier alpha value is -1.01. The molecule has 0 saturated carbocycles. The van der Waals surface area contributed by atoms with E-state index in [-0.39, 0.29) is 0 Å². The van der Waals surface area contributed by atoms with Crippen LogP contribution in [0, 0.1) is 0 Å². The van der Waals surface area contributed by atoms with Crippen LogP contribution in [0.3, 0.4) is 0 Å². The molecule has 0 atom stereocenters. The predicted octanol–water partition coefficient (Wildman–Crippen LogP) is 3.93. The molecular formula is C11H11Cl. The van der Waals surface area contributed by atoms with E-state index < -0.39 is 0 Å². The summed E-state index contributed by atoms with van der Waals surface area (Å²) in [6.45, 7) is 9.48. The van der Waals surface area contributed by atoms with Crippen molar-refractivity contribution in [1.29, 1.82) is 0 Å². The Bertz CT molecular complexity index is 294. The van der Waals surface area contributed by atoms with Crippen molar-refractivity contribution in [3.05, 3.63) is 48.6 Å². The maximum atomic E-state index is 5.76. The van der Waals surface area contributed by atoms with Crippen LogP contribution in [0.1, 0.15) is 18.1 Å². The van der Waals surface area contributed by atoms with Gasteiger partial charge in [0, 0.05) is 5.03 Å². The normalized spacial score (nSPS) is 9.50. The second kappa shape index (κ2) is 3.59. The molecule has 1 aromatic carbocycles. The quantitative estimate of drug-likeness (QED) is 0.644. The molecule has 0 N–H and O–H groups in total. The molecule has 0 bridgehead atoms. The average Bonchev–Trinajstić information content (AvgIpc) is 2.04. The number of allylic oxidation sites excluding steroid dienone is 1. The summed E-state index contributed by atoms with van der Waals surface area (Å²) in [6, 6.07) is 7.87. The molecule has 0 aliphatic heterocycles. The van der Waals surface area contributed by atoms with Crippen LogP contribution in [-0.4, -0.2) is 0 Å². The van der Waals surface area contributed by atoms with Crippen LogP contribution in [0.4, 0.5) is 0 Å². The molecule has 0 heterocycles. The fourth-order valence-corrected chi connectivity index (χ4v) is 1.07. The molecule has 0 amide bonds. The minimum absolute atomic E-state index is 0.568. The molecule has 0 nitrogen and oxygen atoms in total. The van der Waals surface area contributed by atoms with E-state index in [9.17, 15) is 0 Å². The first-order valence-corrected chi connectivity index (χ1v) is 4.10. The first kappa shape index (κ1) is 9.08. The fourth-order valence-electron chi connectivity index (χ4n) is 0.953. The third-order valence-electron chi connectivity index (χ3n) is 1.67. The molecule has 12 heavy (non-hydrogen) atoms. The first-order chi connectivity index (χ1) is 5.61. The van der Waals surface area contributed by atoms with E-state index in [0.717, 1.165) is 16.7 Å². The summed E-state index contributed by atoms with van der Waals surface area (Å²) < 4.78 is 0. The number of hydrogen-bond donors (Lipinski definition) is 0. The molecule has 0 spiro atoms. The Morgan fingerprint density at radius 3 is 2.33 bits per heavy atom. The lowest BCUT2D eigenvalue weighted by atomic mass is 10.1. The lowest BCUT2D eigenvalue weighted by Crippen LogP contribution is -1.80. The van der Waals surface area contributed by atoms with Gasteiger partial charge in [0.15, 0.2) is 0 Å². The maximum absolute atomic E-state index is 5.76. The number of hydrogen-bond acceptors (Lipinski definition) is 0. The Balaban J connectivity index is 3.12. The van der Waals surface area contributed by atoms with Crippen molar-refractivity contribution in [1.82, 2.24) is 0 Å². The van der Waals surface area contributed by atoms with Gasteiger partial charge in [-0.2, -0.15) is 0 Å². The highest BCUT2D eigenvalue weighted by Crippen LogP contribution is 2.20. The highest BCUT2D eigenvalue weighted by molar-refractivity contribution is 6.48. The molecule has 0 unspecified atom stereocenters. The summed E-state index contributed by atoms with van der Waals surface area (Å²) in [6.07, 6.45) is 0. The zero-order valence-corrected chi connectivity index (χ0v) is 7.86. The van der Waals surface area contributed by atoms with Gasteiger partial charge in [-0.15, -0.1) is 0 Å². The average molecular weight is 179 g/mol. The van der Waals surface area contributed by atoms with Crippen LogP contribution in [0.15, 0.2) is 37.4 Å². The topological polar surface area (TPSA) is 0 Å². The summed E-state index contributed by atoms with van der Waals surface area (Å²) in [7, 11) is 0. The third-order valence-corrected chi connectivity index (χ3v) is 1.89. The predicted molar refractivity (Wildman–Crippen MR) is 56.0 cm³/mol. The molecule has 0 fully saturated rings. The lowest BCUT2D eigenvalue weighted by Gasteiger charge is -2.02. The SMILES string of the molecule is C=C(C)c1cccc(C(=C)Cl)c1.